The molecule has 4 rings (SSSR count). The van der Waals surface area contributed by atoms with Crippen LogP contribution in [-0.2, 0) is 6.18 Å². The molecule has 1 fully saturated rings. The molecule has 0 aromatic carbocycles. The maximum absolute atomic E-state index is 13.1. The molecule has 0 atom stereocenters. The molecule has 11 heteroatoms. The lowest BCUT2D eigenvalue weighted by atomic mass is 9.98. The summed E-state index contributed by atoms with van der Waals surface area (Å²) >= 11 is 1.41. The standard InChI is InChI=1S/C16H18F3N7S/c17-16(18,19)11-5-10(7-22-13(11)21)12-8-23-14-26(12)24-15(27-14)25-3-1-9(6-20)2-4-25/h5,7-9H,1-4,6,20H2,(H2,21,22). The summed E-state index contributed by atoms with van der Waals surface area (Å²) in [6.07, 6.45) is 0.234. The van der Waals surface area contributed by atoms with Crippen LogP contribution in [0.2, 0.25) is 0 Å². The number of halogens is 3. The third-order valence-electron chi connectivity index (χ3n) is 4.81. The van der Waals surface area contributed by atoms with Gasteiger partial charge >= 0.3 is 6.18 Å². The van der Waals surface area contributed by atoms with Gasteiger partial charge in [0.2, 0.25) is 10.1 Å². The summed E-state index contributed by atoms with van der Waals surface area (Å²) in [5, 5.41) is 5.37. The van der Waals surface area contributed by atoms with Gasteiger partial charge in [-0.15, -0.1) is 5.10 Å². The van der Waals surface area contributed by atoms with Gasteiger partial charge in [0.15, 0.2) is 0 Å². The fraction of sp³-hybridized carbons (Fsp3) is 0.438. The summed E-state index contributed by atoms with van der Waals surface area (Å²) in [5.41, 5.74) is 10.9. The zero-order chi connectivity index (χ0) is 19.2. The molecule has 0 spiro atoms. The third-order valence-corrected chi connectivity index (χ3v) is 5.80. The van der Waals surface area contributed by atoms with Crippen LogP contribution in [0.3, 0.4) is 0 Å². The van der Waals surface area contributed by atoms with Crippen molar-refractivity contribution in [2.45, 2.75) is 19.0 Å². The van der Waals surface area contributed by atoms with E-state index in [4.69, 9.17) is 11.5 Å². The van der Waals surface area contributed by atoms with Crippen LogP contribution in [0.15, 0.2) is 18.5 Å². The minimum Gasteiger partial charge on any atom is -0.383 e. The van der Waals surface area contributed by atoms with E-state index >= 15 is 0 Å². The molecule has 3 aromatic rings. The number of anilines is 2. The molecule has 4 N–H and O–H groups in total. The molecular formula is C16H18F3N7S. The Balaban J connectivity index is 1.67. The minimum atomic E-state index is -4.57. The zero-order valence-electron chi connectivity index (χ0n) is 14.3. The first kappa shape index (κ1) is 18.0. The first-order valence-corrected chi connectivity index (χ1v) is 9.31. The summed E-state index contributed by atoms with van der Waals surface area (Å²) in [5.74, 6) is -0.0174. The van der Waals surface area contributed by atoms with Crippen LogP contribution in [0.25, 0.3) is 16.2 Å². The van der Waals surface area contributed by atoms with E-state index in [0.717, 1.165) is 37.1 Å². The molecule has 144 valence electrons. The van der Waals surface area contributed by atoms with Crippen LogP contribution in [-0.4, -0.2) is 39.2 Å². The molecule has 0 unspecified atom stereocenters. The normalized spacial score (nSPS) is 16.4. The van der Waals surface area contributed by atoms with Crippen LogP contribution in [0.4, 0.5) is 24.1 Å². The molecule has 1 aliphatic heterocycles. The van der Waals surface area contributed by atoms with E-state index in [0.29, 0.717) is 23.1 Å². The highest BCUT2D eigenvalue weighted by atomic mass is 32.1. The molecular weight excluding hydrogens is 379 g/mol. The fourth-order valence-corrected chi connectivity index (χ4v) is 4.14. The van der Waals surface area contributed by atoms with Crippen molar-refractivity contribution in [2.24, 2.45) is 11.7 Å². The Kier molecular flexibility index (Phi) is 4.42. The van der Waals surface area contributed by atoms with Crippen molar-refractivity contribution in [1.82, 2.24) is 19.6 Å². The number of rotatable bonds is 3. The van der Waals surface area contributed by atoms with Gasteiger partial charge < -0.3 is 16.4 Å². The van der Waals surface area contributed by atoms with Crippen molar-refractivity contribution in [3.05, 3.63) is 24.0 Å². The summed E-state index contributed by atoms with van der Waals surface area (Å²) < 4.78 is 40.9. The summed E-state index contributed by atoms with van der Waals surface area (Å²) in [7, 11) is 0. The van der Waals surface area contributed by atoms with Crippen LogP contribution >= 0.6 is 11.3 Å². The minimum absolute atomic E-state index is 0.266. The highest BCUT2D eigenvalue weighted by molar-refractivity contribution is 7.20. The van der Waals surface area contributed by atoms with E-state index in [1.807, 2.05) is 0 Å². The maximum atomic E-state index is 13.1. The highest BCUT2D eigenvalue weighted by Crippen LogP contribution is 2.36. The molecule has 1 saturated heterocycles. The number of aromatic nitrogens is 4. The van der Waals surface area contributed by atoms with Crippen LogP contribution in [0, 0.1) is 5.92 Å². The average Bonchev–Trinajstić information content (AvgIpc) is 3.22. The molecule has 4 heterocycles. The van der Waals surface area contributed by atoms with Gasteiger partial charge in [0.25, 0.3) is 0 Å². The SMILES string of the molecule is NCC1CCN(c2nn3c(-c4cnc(N)c(C(F)(F)F)c4)cnc3s2)CC1. The Morgan fingerprint density at radius 3 is 2.59 bits per heavy atom. The predicted molar refractivity (Wildman–Crippen MR) is 97.5 cm³/mol. The predicted octanol–water partition coefficient (Wildman–Crippen LogP) is 2.63. The van der Waals surface area contributed by atoms with Crippen LogP contribution in [0.1, 0.15) is 18.4 Å². The number of alkyl halides is 3. The topological polar surface area (TPSA) is 98.4 Å². The van der Waals surface area contributed by atoms with E-state index in [-0.39, 0.29) is 5.56 Å². The fourth-order valence-electron chi connectivity index (χ4n) is 3.21. The van der Waals surface area contributed by atoms with Gasteiger partial charge in [0.1, 0.15) is 5.82 Å². The number of hydrogen-bond acceptors (Lipinski definition) is 7. The van der Waals surface area contributed by atoms with E-state index < -0.39 is 17.6 Å². The molecule has 0 amide bonds. The summed E-state index contributed by atoms with van der Waals surface area (Å²) in [6, 6.07) is 0.984. The first-order valence-electron chi connectivity index (χ1n) is 8.49. The molecule has 0 saturated carbocycles. The monoisotopic (exact) mass is 397 g/mol. The smallest absolute Gasteiger partial charge is 0.383 e. The Morgan fingerprint density at radius 1 is 1.19 bits per heavy atom. The lowest BCUT2D eigenvalue weighted by Crippen LogP contribution is -2.36. The lowest BCUT2D eigenvalue weighted by Gasteiger charge is -2.30. The van der Waals surface area contributed by atoms with Crippen LogP contribution in [0.5, 0.6) is 0 Å². The number of nitrogens with two attached hydrogens (primary N) is 2. The highest BCUT2D eigenvalue weighted by Gasteiger charge is 2.34. The third kappa shape index (κ3) is 3.32. The van der Waals surface area contributed by atoms with Crippen molar-refractivity contribution in [1.29, 1.82) is 0 Å². The quantitative estimate of drug-likeness (QED) is 0.705. The number of hydrogen-bond donors (Lipinski definition) is 2. The summed E-state index contributed by atoms with van der Waals surface area (Å²) in [4.78, 5) is 10.8. The van der Waals surface area contributed by atoms with Crippen LogP contribution < -0.4 is 16.4 Å². The Labute approximate surface area is 156 Å². The number of imidazole rings is 1. The molecule has 0 aliphatic carbocycles. The maximum Gasteiger partial charge on any atom is 0.419 e. The largest absolute Gasteiger partial charge is 0.419 e. The molecule has 7 nitrogen and oxygen atoms in total. The van der Waals surface area contributed by atoms with E-state index in [9.17, 15) is 13.2 Å². The Bertz CT molecular complexity index is 957. The summed E-state index contributed by atoms with van der Waals surface area (Å²) in [6.45, 7) is 2.40. The number of pyridine rings is 1. The van der Waals surface area contributed by atoms with Gasteiger partial charge in [-0.2, -0.15) is 13.2 Å². The van der Waals surface area contributed by atoms with Crippen molar-refractivity contribution in [3.63, 3.8) is 0 Å². The number of nitrogen functional groups attached to an aromatic ring is 1. The average molecular weight is 397 g/mol. The van der Waals surface area contributed by atoms with Gasteiger partial charge in [-0.3, -0.25) is 0 Å². The van der Waals surface area contributed by atoms with Gasteiger partial charge in [-0.25, -0.2) is 14.5 Å². The second-order valence-electron chi connectivity index (χ2n) is 6.54. The second-order valence-corrected chi connectivity index (χ2v) is 7.48. The molecule has 0 bridgehead atoms. The van der Waals surface area contributed by atoms with Crippen molar-refractivity contribution >= 4 is 27.2 Å². The number of piperidine rings is 1. The second kappa shape index (κ2) is 6.64. The molecule has 1 aliphatic rings. The van der Waals surface area contributed by atoms with Crippen molar-refractivity contribution in [3.8, 4) is 11.3 Å². The van der Waals surface area contributed by atoms with Gasteiger partial charge in [0.05, 0.1) is 17.5 Å². The number of nitrogens with zero attached hydrogens (tertiary/aromatic N) is 5. The Morgan fingerprint density at radius 2 is 1.93 bits per heavy atom. The van der Waals surface area contributed by atoms with Crippen molar-refractivity contribution < 1.29 is 13.2 Å². The van der Waals surface area contributed by atoms with Gasteiger partial charge in [-0.05, 0) is 31.4 Å². The number of fused-ring (bicyclic) bond motifs is 1. The zero-order valence-corrected chi connectivity index (χ0v) is 15.1. The Hall–Kier alpha value is -2.40. The van der Waals surface area contributed by atoms with Gasteiger partial charge in [0, 0.05) is 24.8 Å². The van der Waals surface area contributed by atoms with Crippen molar-refractivity contribution in [2.75, 3.05) is 30.3 Å². The lowest BCUT2D eigenvalue weighted by molar-refractivity contribution is -0.137. The molecule has 27 heavy (non-hydrogen) atoms. The van der Waals surface area contributed by atoms with Gasteiger partial charge in [-0.1, -0.05) is 11.3 Å². The molecule has 3 aromatic heterocycles. The first-order chi connectivity index (χ1) is 12.9. The van der Waals surface area contributed by atoms with E-state index in [1.54, 1.807) is 4.52 Å². The molecule has 0 radical (unpaired) electrons. The van der Waals surface area contributed by atoms with E-state index in [1.165, 1.54) is 23.7 Å². The van der Waals surface area contributed by atoms with E-state index in [2.05, 4.69) is 20.0 Å².